The van der Waals surface area contributed by atoms with Crippen molar-refractivity contribution in [3.8, 4) is 11.1 Å². The third kappa shape index (κ3) is 2.36. The van der Waals surface area contributed by atoms with Gasteiger partial charge in [-0.3, -0.25) is 0 Å². The zero-order valence-electron chi connectivity index (χ0n) is 10.1. The average molecular weight is 295 g/mol. The Morgan fingerprint density at radius 3 is 2.59 bits per heavy atom. The van der Waals surface area contributed by atoms with Crippen LogP contribution < -0.4 is 5.73 Å². The molecule has 0 atom stereocenters. The molecule has 3 nitrogen and oxygen atoms in total. The van der Waals surface area contributed by atoms with E-state index in [-0.39, 0.29) is 5.41 Å². The average Bonchev–Trinajstić information content (AvgIpc) is 2.59. The van der Waals surface area contributed by atoms with Crippen LogP contribution in [-0.4, -0.2) is 5.16 Å². The summed E-state index contributed by atoms with van der Waals surface area (Å²) in [6.07, 6.45) is 0. The molecule has 0 aliphatic rings. The molecular formula is C13H15BrN2O. The molecule has 4 heteroatoms. The lowest BCUT2D eigenvalue weighted by Crippen LogP contribution is -2.11. The Balaban J connectivity index is 2.63. The first-order valence-corrected chi connectivity index (χ1v) is 6.20. The van der Waals surface area contributed by atoms with Crippen molar-refractivity contribution in [1.29, 1.82) is 0 Å². The molecule has 0 spiro atoms. The number of hydrogen-bond donors (Lipinski definition) is 1. The van der Waals surface area contributed by atoms with Gasteiger partial charge in [0.1, 0.15) is 0 Å². The van der Waals surface area contributed by atoms with E-state index in [9.17, 15) is 0 Å². The summed E-state index contributed by atoms with van der Waals surface area (Å²) in [7, 11) is 0. The third-order valence-electron chi connectivity index (χ3n) is 2.51. The number of rotatable bonds is 1. The Morgan fingerprint density at radius 2 is 2.00 bits per heavy atom. The predicted molar refractivity (Wildman–Crippen MR) is 72.8 cm³/mol. The van der Waals surface area contributed by atoms with Gasteiger partial charge in [0.05, 0.1) is 5.56 Å². The number of hydrogen-bond acceptors (Lipinski definition) is 3. The molecule has 17 heavy (non-hydrogen) atoms. The number of anilines is 1. The Morgan fingerprint density at radius 1 is 1.29 bits per heavy atom. The van der Waals surface area contributed by atoms with E-state index in [0.717, 1.165) is 21.4 Å². The smallest absolute Gasteiger partial charge is 0.175 e. The van der Waals surface area contributed by atoms with Crippen molar-refractivity contribution < 1.29 is 4.52 Å². The standard InChI is InChI=1S/C13H15BrN2O/c1-13(2,3)11-10(12(15)16-17-11)8-5-4-6-9(14)7-8/h4-7H,1-3H3,(H2,15,16). The minimum atomic E-state index is -0.123. The Labute approximate surface area is 109 Å². The van der Waals surface area contributed by atoms with Gasteiger partial charge in [0, 0.05) is 9.89 Å². The van der Waals surface area contributed by atoms with Crippen LogP contribution in [0, 0.1) is 0 Å². The van der Waals surface area contributed by atoms with Crippen molar-refractivity contribution in [2.45, 2.75) is 26.2 Å². The third-order valence-corrected chi connectivity index (χ3v) is 3.01. The summed E-state index contributed by atoms with van der Waals surface area (Å²) in [5.74, 6) is 1.25. The van der Waals surface area contributed by atoms with Crippen LogP contribution in [-0.2, 0) is 5.41 Å². The molecule has 0 aliphatic carbocycles. The molecule has 2 N–H and O–H groups in total. The minimum Gasteiger partial charge on any atom is -0.380 e. The molecule has 0 aliphatic heterocycles. The highest BCUT2D eigenvalue weighted by molar-refractivity contribution is 9.10. The van der Waals surface area contributed by atoms with Crippen molar-refractivity contribution in [2.75, 3.05) is 5.73 Å². The van der Waals surface area contributed by atoms with E-state index in [1.165, 1.54) is 0 Å². The van der Waals surface area contributed by atoms with E-state index in [1.54, 1.807) is 0 Å². The molecule has 0 unspecified atom stereocenters. The van der Waals surface area contributed by atoms with Gasteiger partial charge >= 0.3 is 0 Å². The van der Waals surface area contributed by atoms with Crippen molar-refractivity contribution in [3.63, 3.8) is 0 Å². The Kier molecular flexibility index (Phi) is 3.00. The molecule has 0 saturated heterocycles. The zero-order chi connectivity index (χ0) is 12.6. The largest absolute Gasteiger partial charge is 0.380 e. The maximum atomic E-state index is 5.90. The molecule has 0 amide bonds. The molecule has 0 bridgehead atoms. The highest BCUT2D eigenvalue weighted by Crippen LogP contribution is 2.37. The number of aromatic nitrogens is 1. The fraction of sp³-hybridized carbons (Fsp3) is 0.308. The summed E-state index contributed by atoms with van der Waals surface area (Å²) in [6, 6.07) is 7.96. The summed E-state index contributed by atoms with van der Waals surface area (Å²) in [5, 5.41) is 3.88. The number of nitrogens with two attached hydrogens (primary N) is 1. The van der Waals surface area contributed by atoms with Crippen LogP contribution in [0.25, 0.3) is 11.1 Å². The Bertz CT molecular complexity index is 541. The first-order valence-electron chi connectivity index (χ1n) is 5.41. The van der Waals surface area contributed by atoms with Crippen LogP contribution in [0.4, 0.5) is 5.82 Å². The van der Waals surface area contributed by atoms with Gasteiger partial charge in [-0.05, 0) is 17.7 Å². The molecule has 1 aromatic carbocycles. The van der Waals surface area contributed by atoms with Crippen LogP contribution in [0.1, 0.15) is 26.5 Å². The van der Waals surface area contributed by atoms with Gasteiger partial charge in [-0.1, -0.05) is 54.0 Å². The monoisotopic (exact) mass is 294 g/mol. The fourth-order valence-electron chi connectivity index (χ4n) is 1.74. The van der Waals surface area contributed by atoms with E-state index in [1.807, 2.05) is 24.3 Å². The van der Waals surface area contributed by atoms with Gasteiger partial charge in [-0.15, -0.1) is 0 Å². The van der Waals surface area contributed by atoms with Crippen LogP contribution in [0.2, 0.25) is 0 Å². The molecule has 2 rings (SSSR count). The van der Waals surface area contributed by atoms with Crippen LogP contribution in [0.15, 0.2) is 33.3 Å². The lowest BCUT2D eigenvalue weighted by molar-refractivity contribution is 0.332. The number of nitrogens with zero attached hydrogens (tertiary/aromatic N) is 1. The molecule has 90 valence electrons. The molecule has 0 fully saturated rings. The zero-order valence-corrected chi connectivity index (χ0v) is 11.7. The van der Waals surface area contributed by atoms with Gasteiger partial charge in [-0.25, -0.2) is 0 Å². The quantitative estimate of drug-likeness (QED) is 0.865. The summed E-state index contributed by atoms with van der Waals surface area (Å²) in [5.41, 5.74) is 7.68. The van der Waals surface area contributed by atoms with Gasteiger partial charge in [0.25, 0.3) is 0 Å². The maximum absolute atomic E-state index is 5.90. The van der Waals surface area contributed by atoms with Gasteiger partial charge < -0.3 is 10.3 Å². The lowest BCUT2D eigenvalue weighted by Gasteiger charge is -2.16. The number of nitrogen functional groups attached to an aromatic ring is 1. The van der Waals surface area contributed by atoms with Crippen molar-refractivity contribution in [2.24, 2.45) is 0 Å². The topological polar surface area (TPSA) is 52.0 Å². The normalized spacial score (nSPS) is 11.8. The van der Waals surface area contributed by atoms with E-state index in [0.29, 0.717) is 5.82 Å². The summed E-state index contributed by atoms with van der Waals surface area (Å²) in [4.78, 5) is 0. The minimum absolute atomic E-state index is 0.123. The van der Waals surface area contributed by atoms with E-state index >= 15 is 0 Å². The summed E-state index contributed by atoms with van der Waals surface area (Å²) >= 11 is 3.46. The van der Waals surface area contributed by atoms with Crippen LogP contribution >= 0.6 is 15.9 Å². The van der Waals surface area contributed by atoms with E-state index in [4.69, 9.17) is 10.3 Å². The van der Waals surface area contributed by atoms with Crippen LogP contribution in [0.5, 0.6) is 0 Å². The van der Waals surface area contributed by atoms with E-state index < -0.39 is 0 Å². The maximum Gasteiger partial charge on any atom is 0.175 e. The highest BCUT2D eigenvalue weighted by atomic mass is 79.9. The molecule has 1 heterocycles. The highest BCUT2D eigenvalue weighted by Gasteiger charge is 2.26. The van der Waals surface area contributed by atoms with Crippen LogP contribution in [0.3, 0.4) is 0 Å². The van der Waals surface area contributed by atoms with Crippen molar-refractivity contribution in [3.05, 3.63) is 34.5 Å². The first-order chi connectivity index (χ1) is 7.89. The van der Waals surface area contributed by atoms with Crippen molar-refractivity contribution >= 4 is 21.7 Å². The molecule has 1 aromatic heterocycles. The molecular weight excluding hydrogens is 280 g/mol. The molecule has 0 radical (unpaired) electrons. The van der Waals surface area contributed by atoms with Gasteiger partial charge in [-0.2, -0.15) is 0 Å². The number of halogens is 1. The second-order valence-electron chi connectivity index (χ2n) is 5.03. The first kappa shape index (κ1) is 12.2. The second-order valence-corrected chi connectivity index (χ2v) is 5.95. The van der Waals surface area contributed by atoms with E-state index in [2.05, 4.69) is 41.9 Å². The fourth-order valence-corrected chi connectivity index (χ4v) is 2.14. The predicted octanol–water partition coefficient (Wildman–Crippen LogP) is 3.98. The summed E-state index contributed by atoms with van der Waals surface area (Å²) in [6.45, 7) is 6.23. The summed E-state index contributed by atoms with van der Waals surface area (Å²) < 4.78 is 6.37. The lowest BCUT2D eigenvalue weighted by atomic mass is 9.88. The second kappa shape index (κ2) is 4.18. The van der Waals surface area contributed by atoms with Crippen molar-refractivity contribution in [1.82, 2.24) is 5.16 Å². The molecule has 0 saturated carbocycles. The SMILES string of the molecule is CC(C)(C)c1onc(N)c1-c1cccc(Br)c1. The molecule has 2 aromatic rings. The van der Waals surface area contributed by atoms with Gasteiger partial charge in [0.2, 0.25) is 0 Å². The van der Waals surface area contributed by atoms with Gasteiger partial charge in [0.15, 0.2) is 11.6 Å². The number of benzene rings is 1. The Hall–Kier alpha value is -1.29.